The third-order valence-electron chi connectivity index (χ3n) is 3.08. The molecule has 2 rings (SSSR count). The van der Waals surface area contributed by atoms with Crippen molar-refractivity contribution >= 4 is 28.3 Å². The molecule has 0 radical (unpaired) electrons. The van der Waals surface area contributed by atoms with Crippen LogP contribution in [-0.4, -0.2) is 22.4 Å². The molecule has 0 aliphatic carbocycles. The molecule has 0 bridgehead atoms. The summed E-state index contributed by atoms with van der Waals surface area (Å²) < 4.78 is 11.9. The van der Waals surface area contributed by atoms with Crippen LogP contribution in [0.1, 0.15) is 11.1 Å². The minimum Gasteiger partial charge on any atom is -0.355 e. The lowest BCUT2D eigenvalue weighted by molar-refractivity contribution is -0.120. The summed E-state index contributed by atoms with van der Waals surface area (Å²) in [6.45, 7) is 0.416. The van der Waals surface area contributed by atoms with Crippen molar-refractivity contribution < 1.29 is 9.00 Å². The maximum atomic E-state index is 11.9. The van der Waals surface area contributed by atoms with Crippen molar-refractivity contribution in [2.24, 2.45) is 0 Å². The number of benzene rings is 2. The fourth-order valence-electron chi connectivity index (χ4n) is 2.03. The fraction of sp³-hybridized carbons (Fsp3) is 0.235. The lowest BCUT2D eigenvalue weighted by Gasteiger charge is -2.06. The van der Waals surface area contributed by atoms with E-state index in [1.807, 2.05) is 42.5 Å². The van der Waals surface area contributed by atoms with E-state index in [2.05, 4.69) is 5.32 Å². The Morgan fingerprint density at radius 1 is 1.05 bits per heavy atom. The Morgan fingerprint density at radius 2 is 1.77 bits per heavy atom. The van der Waals surface area contributed by atoms with Gasteiger partial charge in [0.2, 0.25) is 5.91 Å². The van der Waals surface area contributed by atoms with Gasteiger partial charge in [-0.25, -0.2) is 0 Å². The van der Waals surface area contributed by atoms with Gasteiger partial charge in [0.15, 0.2) is 0 Å². The van der Waals surface area contributed by atoms with Crippen LogP contribution >= 0.6 is 11.6 Å². The van der Waals surface area contributed by atoms with E-state index in [-0.39, 0.29) is 12.3 Å². The van der Waals surface area contributed by atoms with Gasteiger partial charge in [-0.2, -0.15) is 0 Å². The standard InChI is InChI=1S/C17H18ClNO2S/c18-16-8-4-7-15(11-16)12-17(20)19-9-10-22(21)13-14-5-2-1-3-6-14/h1-8,11H,9-10,12-13H2,(H,19,20)/t22-/m1/s1. The zero-order valence-corrected chi connectivity index (χ0v) is 13.7. The summed E-state index contributed by atoms with van der Waals surface area (Å²) in [7, 11) is -0.973. The van der Waals surface area contributed by atoms with E-state index in [0.29, 0.717) is 23.1 Å². The number of carbonyl (C=O) groups is 1. The number of nitrogens with one attached hydrogen (secondary N) is 1. The molecule has 0 aliphatic rings. The molecular weight excluding hydrogens is 318 g/mol. The molecule has 0 unspecified atom stereocenters. The predicted octanol–water partition coefficient (Wildman–Crippen LogP) is 2.95. The molecule has 0 aromatic heterocycles. The maximum Gasteiger partial charge on any atom is 0.224 e. The molecule has 1 N–H and O–H groups in total. The topological polar surface area (TPSA) is 46.2 Å². The van der Waals surface area contributed by atoms with E-state index in [0.717, 1.165) is 11.1 Å². The molecule has 5 heteroatoms. The summed E-state index contributed by atoms with van der Waals surface area (Å²) in [4.78, 5) is 11.8. The van der Waals surface area contributed by atoms with Crippen LogP contribution in [0.3, 0.4) is 0 Å². The highest BCUT2D eigenvalue weighted by molar-refractivity contribution is 7.84. The van der Waals surface area contributed by atoms with Crippen molar-refractivity contribution in [2.45, 2.75) is 12.2 Å². The van der Waals surface area contributed by atoms with Gasteiger partial charge in [-0.15, -0.1) is 0 Å². The quantitative estimate of drug-likeness (QED) is 0.845. The second-order valence-electron chi connectivity index (χ2n) is 4.93. The van der Waals surface area contributed by atoms with Crippen LogP contribution in [0.5, 0.6) is 0 Å². The molecule has 2 aromatic rings. The van der Waals surface area contributed by atoms with Crippen LogP contribution in [-0.2, 0) is 27.8 Å². The molecular formula is C17H18ClNO2S. The van der Waals surface area contributed by atoms with Gasteiger partial charge in [0, 0.05) is 33.9 Å². The van der Waals surface area contributed by atoms with Crippen molar-refractivity contribution in [3.63, 3.8) is 0 Å². The van der Waals surface area contributed by atoms with Gasteiger partial charge < -0.3 is 5.32 Å². The lowest BCUT2D eigenvalue weighted by atomic mass is 10.1. The van der Waals surface area contributed by atoms with E-state index in [1.165, 1.54) is 0 Å². The molecule has 0 saturated heterocycles. The number of rotatable bonds is 7. The largest absolute Gasteiger partial charge is 0.355 e. The minimum atomic E-state index is -0.973. The molecule has 0 heterocycles. The molecule has 1 amide bonds. The van der Waals surface area contributed by atoms with Crippen molar-refractivity contribution in [2.75, 3.05) is 12.3 Å². The first-order valence-electron chi connectivity index (χ1n) is 7.03. The normalized spacial score (nSPS) is 11.9. The summed E-state index contributed by atoms with van der Waals surface area (Å²) in [6, 6.07) is 16.9. The Bertz CT molecular complexity index is 646. The van der Waals surface area contributed by atoms with Gasteiger partial charge >= 0.3 is 0 Å². The van der Waals surface area contributed by atoms with E-state index in [4.69, 9.17) is 11.6 Å². The summed E-state index contributed by atoms with van der Waals surface area (Å²) in [6.07, 6.45) is 0.284. The van der Waals surface area contributed by atoms with E-state index in [1.54, 1.807) is 12.1 Å². The minimum absolute atomic E-state index is 0.0843. The second-order valence-corrected chi connectivity index (χ2v) is 6.94. The summed E-state index contributed by atoms with van der Waals surface area (Å²) in [5.41, 5.74) is 1.92. The Morgan fingerprint density at radius 3 is 2.50 bits per heavy atom. The maximum absolute atomic E-state index is 11.9. The van der Waals surface area contributed by atoms with E-state index >= 15 is 0 Å². The van der Waals surface area contributed by atoms with Crippen LogP contribution in [0, 0.1) is 0 Å². The average molecular weight is 336 g/mol. The zero-order valence-electron chi connectivity index (χ0n) is 12.1. The molecule has 0 aliphatic heterocycles. The van der Waals surface area contributed by atoms with Crippen LogP contribution in [0.25, 0.3) is 0 Å². The summed E-state index contributed by atoms with van der Waals surface area (Å²) >= 11 is 5.88. The third kappa shape index (κ3) is 6.00. The number of carbonyl (C=O) groups excluding carboxylic acids is 1. The molecule has 2 aromatic carbocycles. The van der Waals surface area contributed by atoms with Crippen molar-refractivity contribution in [3.05, 3.63) is 70.7 Å². The number of halogens is 1. The smallest absolute Gasteiger partial charge is 0.224 e. The molecule has 3 nitrogen and oxygen atoms in total. The molecule has 1 atom stereocenters. The monoisotopic (exact) mass is 335 g/mol. The Balaban J connectivity index is 1.69. The van der Waals surface area contributed by atoms with Crippen LogP contribution < -0.4 is 5.32 Å². The average Bonchev–Trinajstić information content (AvgIpc) is 2.48. The Labute approximate surface area is 138 Å². The molecule has 22 heavy (non-hydrogen) atoms. The molecule has 0 spiro atoms. The lowest BCUT2D eigenvalue weighted by Crippen LogP contribution is -2.29. The van der Waals surface area contributed by atoms with Crippen LogP contribution in [0.2, 0.25) is 5.02 Å². The Kier molecular flexibility index (Phi) is 6.62. The summed E-state index contributed by atoms with van der Waals surface area (Å²) in [5.74, 6) is 0.889. The van der Waals surface area contributed by atoms with Crippen molar-refractivity contribution in [1.29, 1.82) is 0 Å². The van der Waals surface area contributed by atoms with Gasteiger partial charge in [0.25, 0.3) is 0 Å². The van der Waals surface area contributed by atoms with E-state index in [9.17, 15) is 9.00 Å². The van der Waals surface area contributed by atoms with Crippen molar-refractivity contribution in [3.8, 4) is 0 Å². The molecule has 116 valence electrons. The highest BCUT2D eigenvalue weighted by Gasteiger charge is 2.05. The molecule has 0 saturated carbocycles. The highest BCUT2D eigenvalue weighted by atomic mass is 35.5. The van der Waals surface area contributed by atoms with Gasteiger partial charge in [-0.1, -0.05) is 54.1 Å². The number of hydrogen-bond donors (Lipinski definition) is 1. The number of hydrogen-bond acceptors (Lipinski definition) is 2. The highest BCUT2D eigenvalue weighted by Crippen LogP contribution is 2.10. The van der Waals surface area contributed by atoms with E-state index < -0.39 is 10.8 Å². The predicted molar refractivity (Wildman–Crippen MR) is 91.3 cm³/mol. The SMILES string of the molecule is O=C(Cc1cccc(Cl)c1)NCC[S@@](=O)Cc1ccccc1. The van der Waals surface area contributed by atoms with Gasteiger partial charge in [-0.05, 0) is 23.3 Å². The summed E-state index contributed by atoms with van der Waals surface area (Å²) in [5, 5.41) is 3.41. The number of amides is 1. The van der Waals surface area contributed by atoms with Crippen LogP contribution in [0.15, 0.2) is 54.6 Å². The zero-order chi connectivity index (χ0) is 15.8. The first-order chi connectivity index (χ1) is 10.6. The second kappa shape index (κ2) is 8.71. The first kappa shape index (κ1) is 16.7. The third-order valence-corrected chi connectivity index (χ3v) is 4.63. The fourth-order valence-corrected chi connectivity index (χ4v) is 3.28. The van der Waals surface area contributed by atoms with Crippen LogP contribution in [0.4, 0.5) is 0 Å². The van der Waals surface area contributed by atoms with Gasteiger partial charge in [0.05, 0.1) is 6.42 Å². The van der Waals surface area contributed by atoms with Gasteiger partial charge in [0.1, 0.15) is 0 Å². The van der Waals surface area contributed by atoms with Gasteiger partial charge in [-0.3, -0.25) is 9.00 Å². The Hall–Kier alpha value is -1.65. The first-order valence-corrected chi connectivity index (χ1v) is 8.90. The van der Waals surface area contributed by atoms with Crippen molar-refractivity contribution in [1.82, 2.24) is 5.32 Å². The molecule has 0 fully saturated rings.